The van der Waals surface area contributed by atoms with Crippen LogP contribution in [-0.4, -0.2) is 5.91 Å². The van der Waals surface area contributed by atoms with E-state index in [1.807, 2.05) is 6.07 Å². The summed E-state index contributed by atoms with van der Waals surface area (Å²) in [4.78, 5) is 12.6. The van der Waals surface area contributed by atoms with Crippen LogP contribution < -0.4 is 5.32 Å². The zero-order valence-corrected chi connectivity index (χ0v) is 14.9. The van der Waals surface area contributed by atoms with Crippen LogP contribution in [0, 0.1) is 17.1 Å². The highest BCUT2D eigenvalue weighted by atomic mass is 19.4. The second kappa shape index (κ2) is 8.15. The van der Waals surface area contributed by atoms with E-state index < -0.39 is 23.5 Å². The SMILES string of the molecule is N#Cc1ccc(F)c(CNC(=O)c2ccccc2-c2ccc(C(F)(F)F)cc2)c1. The summed E-state index contributed by atoms with van der Waals surface area (Å²) in [6.45, 7) is -0.137. The van der Waals surface area contributed by atoms with Crippen molar-refractivity contribution in [2.75, 3.05) is 0 Å². The normalized spacial score (nSPS) is 11.0. The molecule has 1 amide bonds. The number of nitriles is 1. The molecule has 146 valence electrons. The first kappa shape index (κ1) is 20.1. The van der Waals surface area contributed by atoms with Crippen molar-refractivity contribution >= 4 is 5.91 Å². The monoisotopic (exact) mass is 398 g/mol. The van der Waals surface area contributed by atoms with Crippen LogP contribution in [0.3, 0.4) is 0 Å². The van der Waals surface area contributed by atoms with Crippen molar-refractivity contribution in [1.29, 1.82) is 5.26 Å². The molecule has 1 N–H and O–H groups in total. The first-order valence-corrected chi connectivity index (χ1v) is 8.53. The molecule has 3 aromatic rings. The van der Waals surface area contributed by atoms with E-state index >= 15 is 0 Å². The average Bonchev–Trinajstić information content (AvgIpc) is 2.72. The smallest absolute Gasteiger partial charge is 0.348 e. The van der Waals surface area contributed by atoms with Gasteiger partial charge in [0, 0.05) is 17.7 Å². The number of hydrogen-bond donors (Lipinski definition) is 1. The molecule has 7 heteroatoms. The van der Waals surface area contributed by atoms with Crippen LogP contribution in [0.15, 0.2) is 66.7 Å². The number of alkyl halides is 3. The quantitative estimate of drug-likeness (QED) is 0.606. The Labute approximate surface area is 164 Å². The molecule has 0 heterocycles. The molecule has 3 aromatic carbocycles. The van der Waals surface area contributed by atoms with Gasteiger partial charge in [0.2, 0.25) is 0 Å². The van der Waals surface area contributed by atoms with E-state index in [1.54, 1.807) is 18.2 Å². The molecule has 0 unspecified atom stereocenters. The lowest BCUT2D eigenvalue weighted by atomic mass is 9.98. The summed E-state index contributed by atoms with van der Waals surface area (Å²) in [6.07, 6.45) is -4.45. The number of nitrogens with one attached hydrogen (secondary N) is 1. The fraction of sp³-hybridized carbons (Fsp3) is 0.0909. The Bertz CT molecular complexity index is 1080. The fourth-order valence-electron chi connectivity index (χ4n) is 2.82. The molecule has 0 saturated heterocycles. The summed E-state index contributed by atoms with van der Waals surface area (Å²) in [5, 5.41) is 11.5. The minimum atomic E-state index is -4.45. The maximum atomic E-state index is 13.9. The van der Waals surface area contributed by atoms with Gasteiger partial charge in [-0.1, -0.05) is 30.3 Å². The third kappa shape index (κ3) is 4.61. The molecule has 0 aliphatic heterocycles. The first-order valence-electron chi connectivity index (χ1n) is 8.53. The van der Waals surface area contributed by atoms with Crippen LogP contribution in [0.1, 0.15) is 27.0 Å². The second-order valence-corrected chi connectivity index (χ2v) is 6.22. The lowest BCUT2D eigenvalue weighted by molar-refractivity contribution is -0.137. The highest BCUT2D eigenvalue weighted by Crippen LogP contribution is 2.31. The fourth-order valence-corrected chi connectivity index (χ4v) is 2.82. The van der Waals surface area contributed by atoms with Gasteiger partial charge >= 0.3 is 6.18 Å². The summed E-state index contributed by atoms with van der Waals surface area (Å²) in [5.41, 5.74) is 0.775. The Balaban J connectivity index is 1.83. The Morgan fingerprint density at radius 1 is 1.00 bits per heavy atom. The van der Waals surface area contributed by atoms with E-state index in [2.05, 4.69) is 5.32 Å². The number of rotatable bonds is 4. The molecular formula is C22H14F4N2O. The van der Waals surface area contributed by atoms with Gasteiger partial charge in [-0.3, -0.25) is 4.79 Å². The third-order valence-corrected chi connectivity index (χ3v) is 4.31. The van der Waals surface area contributed by atoms with E-state index in [-0.39, 0.29) is 23.2 Å². The Hall–Kier alpha value is -3.66. The van der Waals surface area contributed by atoms with E-state index in [9.17, 15) is 22.4 Å². The topological polar surface area (TPSA) is 52.9 Å². The van der Waals surface area contributed by atoms with E-state index in [0.29, 0.717) is 11.1 Å². The summed E-state index contributed by atoms with van der Waals surface area (Å²) >= 11 is 0. The molecule has 0 fully saturated rings. The molecule has 3 rings (SSSR count). The van der Waals surface area contributed by atoms with Crippen molar-refractivity contribution < 1.29 is 22.4 Å². The van der Waals surface area contributed by atoms with Crippen LogP contribution >= 0.6 is 0 Å². The van der Waals surface area contributed by atoms with Crippen LogP contribution in [0.4, 0.5) is 17.6 Å². The largest absolute Gasteiger partial charge is 0.416 e. The minimum Gasteiger partial charge on any atom is -0.348 e. The van der Waals surface area contributed by atoms with Crippen molar-refractivity contribution in [3.05, 3.63) is 94.8 Å². The van der Waals surface area contributed by atoms with Gasteiger partial charge in [-0.2, -0.15) is 18.4 Å². The standard InChI is InChI=1S/C22H14F4N2O/c23-20-10-5-14(12-27)11-16(20)13-28-21(29)19-4-2-1-3-18(19)15-6-8-17(9-7-15)22(24,25)26/h1-11H,13H2,(H,28,29). The van der Waals surface area contributed by atoms with Gasteiger partial charge in [0.1, 0.15) is 5.82 Å². The van der Waals surface area contributed by atoms with Crippen LogP contribution in [0.5, 0.6) is 0 Å². The summed E-state index contributed by atoms with van der Waals surface area (Å²) in [5.74, 6) is -1.07. The highest BCUT2D eigenvalue weighted by molar-refractivity contribution is 6.00. The number of carbonyl (C=O) groups is 1. The number of halogens is 4. The van der Waals surface area contributed by atoms with Gasteiger partial charge in [-0.05, 0) is 47.5 Å². The number of hydrogen-bond acceptors (Lipinski definition) is 2. The Morgan fingerprint density at radius 3 is 2.34 bits per heavy atom. The zero-order chi connectivity index (χ0) is 21.0. The molecule has 29 heavy (non-hydrogen) atoms. The first-order chi connectivity index (χ1) is 13.8. The van der Waals surface area contributed by atoms with Crippen LogP contribution in [0.2, 0.25) is 0 Å². The molecule has 0 aliphatic carbocycles. The average molecular weight is 398 g/mol. The van der Waals surface area contributed by atoms with E-state index in [1.165, 1.54) is 30.3 Å². The maximum Gasteiger partial charge on any atom is 0.416 e. The Morgan fingerprint density at radius 2 is 1.69 bits per heavy atom. The number of carbonyl (C=O) groups excluding carboxylic acids is 1. The summed E-state index contributed by atoms with van der Waals surface area (Å²) in [7, 11) is 0. The molecule has 3 nitrogen and oxygen atoms in total. The molecule has 0 spiro atoms. The maximum absolute atomic E-state index is 13.9. The summed E-state index contributed by atoms with van der Waals surface area (Å²) < 4.78 is 52.2. The van der Waals surface area contributed by atoms with Gasteiger partial charge in [-0.15, -0.1) is 0 Å². The predicted octanol–water partition coefficient (Wildman–Crippen LogP) is 5.31. The van der Waals surface area contributed by atoms with E-state index in [0.717, 1.165) is 18.2 Å². The van der Waals surface area contributed by atoms with Crippen LogP contribution in [0.25, 0.3) is 11.1 Å². The molecule has 0 atom stereocenters. The van der Waals surface area contributed by atoms with Gasteiger partial charge < -0.3 is 5.32 Å². The second-order valence-electron chi connectivity index (χ2n) is 6.22. The summed E-state index contributed by atoms with van der Waals surface area (Å²) in [6, 6.07) is 16.7. The minimum absolute atomic E-state index is 0.137. The lowest BCUT2D eigenvalue weighted by Crippen LogP contribution is -2.24. The van der Waals surface area contributed by atoms with Crippen LogP contribution in [-0.2, 0) is 12.7 Å². The van der Waals surface area contributed by atoms with Crippen molar-refractivity contribution in [2.45, 2.75) is 12.7 Å². The van der Waals surface area contributed by atoms with Gasteiger partial charge in [0.05, 0.1) is 17.2 Å². The van der Waals surface area contributed by atoms with Crippen molar-refractivity contribution in [2.24, 2.45) is 0 Å². The van der Waals surface area contributed by atoms with Crippen molar-refractivity contribution in [1.82, 2.24) is 5.32 Å². The molecular weight excluding hydrogens is 384 g/mol. The van der Waals surface area contributed by atoms with Gasteiger partial charge in [0.25, 0.3) is 5.91 Å². The van der Waals surface area contributed by atoms with Crippen molar-refractivity contribution in [3.63, 3.8) is 0 Å². The number of amides is 1. The van der Waals surface area contributed by atoms with Crippen molar-refractivity contribution in [3.8, 4) is 17.2 Å². The Kier molecular flexibility index (Phi) is 5.64. The number of benzene rings is 3. The van der Waals surface area contributed by atoms with E-state index in [4.69, 9.17) is 5.26 Å². The predicted molar refractivity (Wildman–Crippen MR) is 99.2 cm³/mol. The van der Waals surface area contributed by atoms with Gasteiger partial charge in [0.15, 0.2) is 0 Å². The molecule has 0 aromatic heterocycles. The lowest BCUT2D eigenvalue weighted by Gasteiger charge is -2.12. The zero-order valence-electron chi connectivity index (χ0n) is 14.9. The van der Waals surface area contributed by atoms with Gasteiger partial charge in [-0.25, -0.2) is 4.39 Å². The number of nitrogens with zero attached hydrogens (tertiary/aromatic N) is 1. The highest BCUT2D eigenvalue weighted by Gasteiger charge is 2.30. The molecule has 0 bridgehead atoms. The molecule has 0 radical (unpaired) electrons. The molecule has 0 aliphatic rings. The third-order valence-electron chi connectivity index (χ3n) is 4.31. The molecule has 0 saturated carbocycles.